The van der Waals surface area contributed by atoms with Crippen LogP contribution in [-0.2, 0) is 12.2 Å². The molecule has 7 heteroatoms. The standard InChI is InChI=1S/C22H24N4O2S/c1-6-20-24-21-16-10-18(27-4)19(28-5)11-17(16)23-22(26(21)25-20)29-12-15-9-13(2)7-8-14(15)3/h7-11H,6,12H2,1-5H3. The molecule has 0 bridgehead atoms. The molecule has 0 spiro atoms. The van der Waals surface area contributed by atoms with Crippen LogP contribution in [-0.4, -0.2) is 33.8 Å². The van der Waals surface area contributed by atoms with Gasteiger partial charge in [0.25, 0.3) is 0 Å². The van der Waals surface area contributed by atoms with Crippen molar-refractivity contribution in [3.63, 3.8) is 0 Å². The lowest BCUT2D eigenvalue weighted by atomic mass is 10.1. The number of hydrogen-bond donors (Lipinski definition) is 0. The first kappa shape index (κ1) is 19.5. The second-order valence-corrected chi connectivity index (χ2v) is 7.90. The molecule has 0 radical (unpaired) electrons. The zero-order valence-corrected chi connectivity index (χ0v) is 18.1. The molecule has 0 saturated heterocycles. The van der Waals surface area contributed by atoms with Crippen molar-refractivity contribution in [2.45, 2.75) is 38.1 Å². The molecule has 0 aliphatic heterocycles. The quantitative estimate of drug-likeness (QED) is 0.338. The zero-order valence-electron chi connectivity index (χ0n) is 17.3. The van der Waals surface area contributed by atoms with Crippen LogP contribution in [0.4, 0.5) is 0 Å². The first-order valence-electron chi connectivity index (χ1n) is 9.54. The molecule has 2 heterocycles. The molecule has 0 atom stereocenters. The highest BCUT2D eigenvalue weighted by Crippen LogP contribution is 2.35. The Labute approximate surface area is 174 Å². The normalized spacial score (nSPS) is 11.3. The van der Waals surface area contributed by atoms with Gasteiger partial charge in [0.2, 0.25) is 0 Å². The molecule has 0 aliphatic carbocycles. The van der Waals surface area contributed by atoms with Crippen LogP contribution in [0, 0.1) is 13.8 Å². The van der Waals surface area contributed by atoms with E-state index in [0.29, 0.717) is 11.5 Å². The summed E-state index contributed by atoms with van der Waals surface area (Å²) in [5.41, 5.74) is 5.44. The summed E-state index contributed by atoms with van der Waals surface area (Å²) in [6.07, 6.45) is 0.761. The minimum absolute atomic E-state index is 0.651. The van der Waals surface area contributed by atoms with Crippen molar-refractivity contribution < 1.29 is 9.47 Å². The van der Waals surface area contributed by atoms with Gasteiger partial charge in [-0.25, -0.2) is 9.97 Å². The molecular weight excluding hydrogens is 384 g/mol. The Kier molecular flexibility index (Phi) is 5.32. The summed E-state index contributed by atoms with van der Waals surface area (Å²) in [4.78, 5) is 9.63. The molecular formula is C22H24N4O2S. The van der Waals surface area contributed by atoms with Gasteiger partial charge in [0.15, 0.2) is 28.1 Å². The van der Waals surface area contributed by atoms with E-state index in [4.69, 9.17) is 19.4 Å². The van der Waals surface area contributed by atoms with Gasteiger partial charge in [-0.15, -0.1) is 5.10 Å². The summed E-state index contributed by atoms with van der Waals surface area (Å²) in [5.74, 6) is 2.91. The number of methoxy groups -OCH3 is 2. The second-order valence-electron chi connectivity index (χ2n) is 6.95. The predicted octanol–water partition coefficient (Wildman–Crippen LogP) is 4.77. The van der Waals surface area contributed by atoms with Crippen molar-refractivity contribution in [1.82, 2.24) is 19.6 Å². The number of ether oxygens (including phenoxy) is 2. The lowest BCUT2D eigenvalue weighted by Crippen LogP contribution is -2.00. The van der Waals surface area contributed by atoms with E-state index >= 15 is 0 Å². The van der Waals surface area contributed by atoms with Crippen molar-refractivity contribution >= 4 is 28.3 Å². The number of thioether (sulfide) groups is 1. The maximum Gasteiger partial charge on any atom is 0.191 e. The first-order chi connectivity index (χ1) is 14.0. The Morgan fingerprint density at radius 1 is 1.00 bits per heavy atom. The molecule has 29 heavy (non-hydrogen) atoms. The fraction of sp³-hybridized carbons (Fsp3) is 0.318. The molecule has 2 aromatic heterocycles. The van der Waals surface area contributed by atoms with E-state index in [1.807, 2.05) is 16.6 Å². The molecule has 0 amide bonds. The Hall–Kier alpha value is -2.80. The van der Waals surface area contributed by atoms with Crippen molar-refractivity contribution in [2.75, 3.05) is 14.2 Å². The second kappa shape index (κ2) is 7.91. The number of aryl methyl sites for hydroxylation is 3. The molecule has 2 aromatic carbocycles. The molecule has 0 aliphatic rings. The topological polar surface area (TPSA) is 61.5 Å². The van der Waals surface area contributed by atoms with Crippen LogP contribution in [0.1, 0.15) is 29.4 Å². The number of nitrogens with zero attached hydrogens (tertiary/aromatic N) is 4. The molecule has 4 aromatic rings. The van der Waals surface area contributed by atoms with Gasteiger partial charge < -0.3 is 9.47 Å². The molecule has 0 saturated carbocycles. The lowest BCUT2D eigenvalue weighted by Gasteiger charge is -2.11. The summed E-state index contributed by atoms with van der Waals surface area (Å²) in [7, 11) is 3.26. The van der Waals surface area contributed by atoms with Gasteiger partial charge in [0.05, 0.1) is 19.7 Å². The highest BCUT2D eigenvalue weighted by Gasteiger charge is 2.17. The minimum Gasteiger partial charge on any atom is -0.493 e. The molecule has 6 nitrogen and oxygen atoms in total. The fourth-order valence-electron chi connectivity index (χ4n) is 3.29. The van der Waals surface area contributed by atoms with Gasteiger partial charge in [-0.1, -0.05) is 42.4 Å². The number of rotatable bonds is 6. The number of benzene rings is 2. The number of hydrogen-bond acceptors (Lipinski definition) is 6. The van der Waals surface area contributed by atoms with Gasteiger partial charge >= 0.3 is 0 Å². The number of aromatic nitrogens is 4. The molecule has 0 N–H and O–H groups in total. The van der Waals surface area contributed by atoms with Gasteiger partial charge in [0.1, 0.15) is 0 Å². The van der Waals surface area contributed by atoms with E-state index in [9.17, 15) is 0 Å². The van der Waals surface area contributed by atoms with Gasteiger partial charge in [-0.05, 0) is 31.0 Å². The number of fused-ring (bicyclic) bond motifs is 3. The predicted molar refractivity (Wildman–Crippen MR) is 116 cm³/mol. The zero-order chi connectivity index (χ0) is 20.5. The van der Waals surface area contributed by atoms with Crippen LogP contribution >= 0.6 is 11.8 Å². The van der Waals surface area contributed by atoms with Crippen LogP contribution < -0.4 is 9.47 Å². The van der Waals surface area contributed by atoms with Crippen LogP contribution in [0.3, 0.4) is 0 Å². The molecule has 4 rings (SSSR count). The average molecular weight is 409 g/mol. The van der Waals surface area contributed by atoms with Crippen molar-refractivity contribution in [3.8, 4) is 11.5 Å². The van der Waals surface area contributed by atoms with E-state index in [0.717, 1.165) is 39.7 Å². The third-order valence-electron chi connectivity index (χ3n) is 4.97. The Bertz CT molecular complexity index is 1200. The van der Waals surface area contributed by atoms with Gasteiger partial charge in [0, 0.05) is 23.6 Å². The third-order valence-corrected chi connectivity index (χ3v) is 5.95. The third kappa shape index (κ3) is 3.62. The van der Waals surface area contributed by atoms with Crippen LogP contribution in [0.2, 0.25) is 0 Å². The minimum atomic E-state index is 0.651. The smallest absolute Gasteiger partial charge is 0.191 e. The SMILES string of the molecule is CCc1nc2c3cc(OC)c(OC)cc3nc(SCc3cc(C)ccc3C)n2n1. The van der Waals surface area contributed by atoms with E-state index in [2.05, 4.69) is 44.1 Å². The highest BCUT2D eigenvalue weighted by molar-refractivity contribution is 7.98. The molecule has 0 unspecified atom stereocenters. The molecule has 0 fully saturated rings. The van der Waals surface area contributed by atoms with E-state index in [-0.39, 0.29) is 0 Å². The largest absolute Gasteiger partial charge is 0.493 e. The average Bonchev–Trinajstić information content (AvgIpc) is 3.18. The fourth-order valence-corrected chi connectivity index (χ4v) is 4.30. The Balaban J connectivity index is 1.85. The van der Waals surface area contributed by atoms with Crippen molar-refractivity contribution in [1.29, 1.82) is 0 Å². The Morgan fingerprint density at radius 2 is 1.76 bits per heavy atom. The Morgan fingerprint density at radius 3 is 2.48 bits per heavy atom. The van der Waals surface area contributed by atoms with Crippen LogP contribution in [0.5, 0.6) is 11.5 Å². The summed E-state index contributed by atoms with van der Waals surface area (Å²) in [6, 6.07) is 10.4. The van der Waals surface area contributed by atoms with Crippen LogP contribution in [0.25, 0.3) is 16.6 Å². The highest BCUT2D eigenvalue weighted by atomic mass is 32.2. The first-order valence-corrected chi connectivity index (χ1v) is 10.5. The molecule has 150 valence electrons. The van der Waals surface area contributed by atoms with Crippen molar-refractivity contribution in [2.24, 2.45) is 0 Å². The summed E-state index contributed by atoms with van der Waals surface area (Å²) >= 11 is 1.67. The maximum absolute atomic E-state index is 5.47. The summed E-state index contributed by atoms with van der Waals surface area (Å²) in [5, 5.41) is 6.39. The summed E-state index contributed by atoms with van der Waals surface area (Å²) < 4.78 is 12.8. The van der Waals surface area contributed by atoms with Gasteiger partial charge in [-0.2, -0.15) is 4.52 Å². The monoisotopic (exact) mass is 408 g/mol. The maximum atomic E-state index is 5.47. The van der Waals surface area contributed by atoms with Gasteiger partial charge in [-0.3, -0.25) is 0 Å². The summed E-state index contributed by atoms with van der Waals surface area (Å²) in [6.45, 7) is 6.31. The van der Waals surface area contributed by atoms with Crippen LogP contribution in [0.15, 0.2) is 35.5 Å². The lowest BCUT2D eigenvalue weighted by molar-refractivity contribution is 0.355. The van der Waals surface area contributed by atoms with E-state index in [1.165, 1.54) is 16.7 Å². The van der Waals surface area contributed by atoms with Crippen molar-refractivity contribution in [3.05, 3.63) is 52.8 Å². The van der Waals surface area contributed by atoms with E-state index in [1.54, 1.807) is 26.0 Å². The van der Waals surface area contributed by atoms with E-state index < -0.39 is 0 Å².